The number of nitrogens with one attached hydrogen (secondary N) is 2. The Morgan fingerprint density at radius 1 is 1.15 bits per heavy atom. The first-order chi connectivity index (χ1) is 15.8. The first kappa shape index (κ1) is 28.8. The maximum absolute atomic E-state index is 13.6. The van der Waals surface area contributed by atoms with Gasteiger partial charge in [-0.1, -0.05) is 18.1 Å². The number of benzene rings is 1. The number of rotatable bonds is 9. The molecule has 2 N–H and O–H groups in total. The largest absolute Gasteiger partial charge is 0.468 e. The van der Waals surface area contributed by atoms with Crippen molar-refractivity contribution in [2.45, 2.75) is 58.3 Å². The zero-order valence-electron chi connectivity index (χ0n) is 20.4. The predicted molar refractivity (Wildman–Crippen MR) is 131 cm³/mol. The van der Waals surface area contributed by atoms with E-state index in [9.17, 15) is 19.2 Å². The fourth-order valence-electron chi connectivity index (χ4n) is 3.02. The van der Waals surface area contributed by atoms with Crippen LogP contribution < -0.4 is 10.6 Å². The molecule has 186 valence electrons. The molecule has 0 aliphatic rings. The number of methoxy groups -OCH3 is 1. The summed E-state index contributed by atoms with van der Waals surface area (Å²) in [5.74, 6) is 0.676. The van der Waals surface area contributed by atoms with E-state index in [0.717, 1.165) is 0 Å². The molecule has 0 saturated heterocycles. The molecule has 0 aromatic heterocycles. The standard InChI is InChI=1S/C24H33N3O6S/c1-8-16-9-11-17(12-10-16)20(21(29)25-13-19(28)32-7)27(15(2)3)22(30)18(14-34)26-23(31)33-24(4,5)6/h1,9-12,15,18,20,34H,13-14H2,2-7H3,(H,25,29)(H,26,31). The Morgan fingerprint density at radius 2 is 1.74 bits per heavy atom. The quantitative estimate of drug-likeness (QED) is 0.277. The van der Waals surface area contributed by atoms with Gasteiger partial charge in [0.15, 0.2) is 0 Å². The lowest BCUT2D eigenvalue weighted by atomic mass is 10.00. The van der Waals surface area contributed by atoms with Crippen molar-refractivity contribution >= 4 is 36.5 Å². The summed E-state index contributed by atoms with van der Waals surface area (Å²) in [6.45, 7) is 8.19. The molecule has 1 aromatic rings. The zero-order chi connectivity index (χ0) is 26.1. The number of hydrogen-bond donors (Lipinski definition) is 3. The highest BCUT2D eigenvalue weighted by Crippen LogP contribution is 2.25. The third-order valence-corrected chi connectivity index (χ3v) is 4.90. The van der Waals surface area contributed by atoms with Crippen LogP contribution in [0.25, 0.3) is 0 Å². The minimum Gasteiger partial charge on any atom is -0.468 e. The number of ether oxygens (including phenoxy) is 2. The highest BCUT2D eigenvalue weighted by atomic mass is 32.1. The molecule has 2 atom stereocenters. The molecule has 10 heteroatoms. The number of carbonyl (C=O) groups excluding carboxylic acids is 4. The van der Waals surface area contributed by atoms with E-state index in [1.807, 2.05) is 0 Å². The van der Waals surface area contributed by atoms with Crippen LogP contribution in [0.2, 0.25) is 0 Å². The molecule has 0 spiro atoms. The van der Waals surface area contributed by atoms with E-state index in [1.165, 1.54) is 12.0 Å². The topological polar surface area (TPSA) is 114 Å². The van der Waals surface area contributed by atoms with Gasteiger partial charge in [0.05, 0.1) is 7.11 Å². The van der Waals surface area contributed by atoms with Crippen molar-refractivity contribution < 1.29 is 28.7 Å². The number of carbonyl (C=O) groups is 4. The monoisotopic (exact) mass is 491 g/mol. The van der Waals surface area contributed by atoms with Crippen molar-refractivity contribution in [3.8, 4) is 12.3 Å². The van der Waals surface area contributed by atoms with Crippen LogP contribution in [-0.4, -0.2) is 65.9 Å². The molecule has 0 aliphatic heterocycles. The number of esters is 1. The molecule has 1 aromatic carbocycles. The Balaban J connectivity index is 3.36. The van der Waals surface area contributed by atoms with Crippen LogP contribution in [0.15, 0.2) is 24.3 Å². The first-order valence-corrected chi connectivity index (χ1v) is 11.3. The molecule has 2 unspecified atom stereocenters. The predicted octanol–water partition coefficient (Wildman–Crippen LogP) is 2.06. The van der Waals surface area contributed by atoms with Gasteiger partial charge in [0.25, 0.3) is 0 Å². The average Bonchev–Trinajstić information content (AvgIpc) is 2.77. The van der Waals surface area contributed by atoms with Gasteiger partial charge >= 0.3 is 12.1 Å². The summed E-state index contributed by atoms with van der Waals surface area (Å²) in [5.41, 5.74) is 0.305. The van der Waals surface area contributed by atoms with Crippen LogP contribution in [0.4, 0.5) is 4.79 Å². The van der Waals surface area contributed by atoms with E-state index < -0.39 is 47.6 Å². The summed E-state index contributed by atoms with van der Waals surface area (Å²) < 4.78 is 9.83. The lowest BCUT2D eigenvalue weighted by molar-refractivity contribution is -0.145. The van der Waals surface area contributed by atoms with E-state index in [4.69, 9.17) is 11.2 Å². The Labute approximate surface area is 206 Å². The molecule has 0 fully saturated rings. The Morgan fingerprint density at radius 3 is 2.18 bits per heavy atom. The van der Waals surface area contributed by atoms with E-state index in [-0.39, 0.29) is 12.3 Å². The summed E-state index contributed by atoms with van der Waals surface area (Å²) in [7, 11) is 1.20. The third-order valence-electron chi connectivity index (χ3n) is 4.54. The van der Waals surface area contributed by atoms with Crippen LogP contribution in [0.1, 0.15) is 51.8 Å². The number of amides is 3. The molecule has 0 heterocycles. The Bertz CT molecular complexity index is 918. The zero-order valence-corrected chi connectivity index (χ0v) is 21.3. The Kier molecular flexibility index (Phi) is 10.9. The van der Waals surface area contributed by atoms with Gasteiger partial charge in [0.2, 0.25) is 11.8 Å². The number of alkyl carbamates (subject to hydrolysis) is 1. The highest BCUT2D eigenvalue weighted by Gasteiger charge is 2.37. The van der Waals surface area contributed by atoms with Crippen molar-refractivity contribution in [2.75, 3.05) is 19.4 Å². The maximum atomic E-state index is 13.6. The van der Waals surface area contributed by atoms with Crippen LogP contribution in [0.5, 0.6) is 0 Å². The maximum Gasteiger partial charge on any atom is 0.408 e. The van der Waals surface area contributed by atoms with E-state index in [2.05, 4.69) is 33.9 Å². The summed E-state index contributed by atoms with van der Waals surface area (Å²) >= 11 is 4.22. The van der Waals surface area contributed by atoms with Gasteiger partial charge in [-0.3, -0.25) is 14.4 Å². The van der Waals surface area contributed by atoms with Gasteiger partial charge in [0, 0.05) is 17.4 Å². The summed E-state index contributed by atoms with van der Waals surface area (Å²) in [4.78, 5) is 52.0. The molecule has 0 aliphatic carbocycles. The molecule has 1 rings (SSSR count). The van der Waals surface area contributed by atoms with Crippen molar-refractivity contribution in [3.05, 3.63) is 35.4 Å². The molecular weight excluding hydrogens is 458 g/mol. The lowest BCUT2D eigenvalue weighted by Gasteiger charge is -2.37. The van der Waals surface area contributed by atoms with Gasteiger partial charge in [-0.25, -0.2) is 4.79 Å². The SMILES string of the molecule is C#Cc1ccc(C(C(=O)NCC(=O)OC)N(C(=O)C(CS)NC(=O)OC(C)(C)C)C(C)C)cc1. The number of nitrogens with zero attached hydrogens (tertiary/aromatic N) is 1. The molecule has 0 bridgehead atoms. The van der Waals surface area contributed by atoms with Crippen LogP contribution in [0, 0.1) is 12.3 Å². The molecule has 34 heavy (non-hydrogen) atoms. The fourth-order valence-corrected chi connectivity index (χ4v) is 3.27. The van der Waals surface area contributed by atoms with Gasteiger partial charge in [-0.05, 0) is 52.3 Å². The Hall–Kier alpha value is -3.19. The van der Waals surface area contributed by atoms with Crippen LogP contribution >= 0.6 is 12.6 Å². The molecule has 0 saturated carbocycles. The van der Waals surface area contributed by atoms with Crippen LogP contribution in [0.3, 0.4) is 0 Å². The summed E-state index contributed by atoms with van der Waals surface area (Å²) in [6, 6.07) is 3.92. The molecule has 0 radical (unpaired) electrons. The molecule has 3 amide bonds. The molecule has 9 nitrogen and oxygen atoms in total. The number of hydrogen-bond acceptors (Lipinski definition) is 7. The van der Waals surface area contributed by atoms with Gasteiger partial charge in [-0.2, -0.15) is 12.6 Å². The lowest BCUT2D eigenvalue weighted by Crippen LogP contribution is -2.56. The normalized spacial score (nSPS) is 12.7. The second kappa shape index (κ2) is 12.9. The van der Waals surface area contributed by atoms with Gasteiger partial charge < -0.3 is 25.0 Å². The minimum atomic E-state index is -1.12. The van der Waals surface area contributed by atoms with E-state index in [1.54, 1.807) is 58.9 Å². The smallest absolute Gasteiger partial charge is 0.408 e. The molecular formula is C24H33N3O6S. The van der Waals surface area contributed by atoms with Crippen molar-refractivity contribution in [1.82, 2.24) is 15.5 Å². The fraction of sp³-hybridized carbons (Fsp3) is 0.500. The minimum absolute atomic E-state index is 0.0339. The van der Waals surface area contributed by atoms with Crippen LogP contribution in [-0.2, 0) is 23.9 Å². The average molecular weight is 492 g/mol. The van der Waals surface area contributed by atoms with E-state index >= 15 is 0 Å². The first-order valence-electron chi connectivity index (χ1n) is 10.7. The van der Waals surface area contributed by atoms with Crippen molar-refractivity contribution in [3.63, 3.8) is 0 Å². The van der Waals surface area contributed by atoms with Crippen molar-refractivity contribution in [1.29, 1.82) is 0 Å². The number of terminal acetylenes is 1. The second-order valence-electron chi connectivity index (χ2n) is 8.68. The van der Waals surface area contributed by atoms with Gasteiger partial charge in [-0.15, -0.1) is 6.42 Å². The summed E-state index contributed by atoms with van der Waals surface area (Å²) in [6.07, 6.45) is 4.65. The third kappa shape index (κ3) is 8.63. The van der Waals surface area contributed by atoms with Crippen molar-refractivity contribution in [2.24, 2.45) is 0 Å². The van der Waals surface area contributed by atoms with E-state index in [0.29, 0.717) is 11.1 Å². The highest BCUT2D eigenvalue weighted by molar-refractivity contribution is 7.80. The summed E-state index contributed by atoms with van der Waals surface area (Å²) in [5, 5.41) is 5.02. The van der Waals surface area contributed by atoms with Gasteiger partial charge in [0.1, 0.15) is 24.2 Å². The second-order valence-corrected chi connectivity index (χ2v) is 9.05. The number of thiol groups is 1.